The molecule has 5 rings (SSSR count). The molecule has 0 spiro atoms. The number of nitrogens with one attached hydrogen (secondary N) is 2. The van der Waals surface area contributed by atoms with Crippen molar-refractivity contribution in [3.8, 4) is 11.3 Å². The van der Waals surface area contributed by atoms with E-state index in [2.05, 4.69) is 15.6 Å². The van der Waals surface area contributed by atoms with Crippen molar-refractivity contribution in [1.29, 1.82) is 0 Å². The highest BCUT2D eigenvalue weighted by molar-refractivity contribution is 7.80. The van der Waals surface area contributed by atoms with Crippen LogP contribution in [0, 0.1) is 13.8 Å². The lowest BCUT2D eigenvalue weighted by atomic mass is 10.1. The van der Waals surface area contributed by atoms with Crippen LogP contribution < -0.4 is 10.6 Å². The van der Waals surface area contributed by atoms with Gasteiger partial charge in [0.15, 0.2) is 22.3 Å². The predicted molar refractivity (Wildman–Crippen MR) is 146 cm³/mol. The fourth-order valence-corrected chi connectivity index (χ4v) is 4.12. The van der Waals surface area contributed by atoms with Crippen LogP contribution in [0.25, 0.3) is 22.4 Å². The second kappa shape index (κ2) is 9.97. The number of fused-ring (bicyclic) bond motifs is 1. The molecule has 0 aliphatic rings. The van der Waals surface area contributed by atoms with E-state index in [-0.39, 0.29) is 10.9 Å². The third kappa shape index (κ3) is 5.32. The molecule has 6 nitrogen and oxygen atoms in total. The number of aryl methyl sites for hydroxylation is 2. The summed E-state index contributed by atoms with van der Waals surface area (Å²) in [5.74, 6) is 0.907. The molecule has 0 aliphatic carbocycles. The monoisotopic (exact) mass is 515 g/mol. The molecule has 0 saturated heterocycles. The number of furan rings is 1. The van der Waals surface area contributed by atoms with Crippen molar-refractivity contribution in [3.63, 3.8) is 0 Å². The average Bonchev–Trinajstić information content (AvgIpc) is 3.49. The molecule has 0 aliphatic heterocycles. The van der Waals surface area contributed by atoms with E-state index in [0.29, 0.717) is 23.1 Å². The van der Waals surface area contributed by atoms with Gasteiger partial charge in [-0.3, -0.25) is 10.1 Å². The first-order valence-electron chi connectivity index (χ1n) is 11.3. The summed E-state index contributed by atoms with van der Waals surface area (Å²) in [6, 6.07) is 22.5. The number of nitrogens with zero attached hydrogens (tertiary/aromatic N) is 1. The van der Waals surface area contributed by atoms with E-state index >= 15 is 0 Å². The zero-order chi connectivity index (χ0) is 25.2. The molecule has 0 saturated carbocycles. The molecule has 36 heavy (non-hydrogen) atoms. The first kappa shape index (κ1) is 23.8. The SMILES string of the molecule is Cc1ccc2oc(Cc3ccc(NC(=S)NC(=O)c4ccc(-c5ccc(C)c(Cl)c5)o4)cc3)nc2c1. The smallest absolute Gasteiger partial charge is 0.293 e. The van der Waals surface area contributed by atoms with Crippen LogP contribution in [0.5, 0.6) is 0 Å². The molecule has 0 radical (unpaired) electrons. The standard InChI is InChI=1S/C28H22ClN3O3S/c1-16-3-10-24-22(13-16)31-26(35-24)14-18-5-8-20(9-6-18)30-28(36)32-27(33)25-12-11-23(34-25)19-7-4-17(2)21(29)15-19/h3-13,15H,14H2,1-2H3,(H2,30,32,33,36). The van der Waals surface area contributed by atoms with Crippen molar-refractivity contribution in [2.75, 3.05) is 5.32 Å². The van der Waals surface area contributed by atoms with Crippen molar-refractivity contribution in [2.24, 2.45) is 0 Å². The van der Waals surface area contributed by atoms with Crippen LogP contribution in [-0.2, 0) is 6.42 Å². The topological polar surface area (TPSA) is 80.3 Å². The van der Waals surface area contributed by atoms with Crippen LogP contribution in [-0.4, -0.2) is 16.0 Å². The Hall–Kier alpha value is -3.94. The van der Waals surface area contributed by atoms with E-state index in [1.165, 1.54) is 0 Å². The number of halogens is 1. The number of amides is 1. The first-order chi connectivity index (χ1) is 17.3. The highest BCUT2D eigenvalue weighted by Gasteiger charge is 2.14. The molecule has 2 heterocycles. The Labute approximate surface area is 218 Å². The minimum Gasteiger partial charge on any atom is -0.451 e. The molecule has 2 N–H and O–H groups in total. The van der Waals surface area contributed by atoms with Gasteiger partial charge in [0.05, 0.1) is 0 Å². The maximum atomic E-state index is 12.6. The minimum absolute atomic E-state index is 0.148. The van der Waals surface area contributed by atoms with Gasteiger partial charge in [0.2, 0.25) is 0 Å². The second-order valence-corrected chi connectivity index (χ2v) is 9.30. The summed E-state index contributed by atoms with van der Waals surface area (Å²) in [6.45, 7) is 3.95. The summed E-state index contributed by atoms with van der Waals surface area (Å²) in [5.41, 5.74) is 6.32. The van der Waals surface area contributed by atoms with Crippen LogP contribution in [0.15, 0.2) is 81.6 Å². The number of hydrogen-bond acceptors (Lipinski definition) is 5. The molecule has 0 unspecified atom stereocenters. The molecular formula is C28H22ClN3O3S. The van der Waals surface area contributed by atoms with Crippen molar-refractivity contribution in [2.45, 2.75) is 20.3 Å². The lowest BCUT2D eigenvalue weighted by molar-refractivity contribution is 0.0951. The Morgan fingerprint density at radius 3 is 2.56 bits per heavy atom. The third-order valence-corrected chi connectivity index (χ3v) is 6.28. The van der Waals surface area contributed by atoms with Gasteiger partial charge >= 0.3 is 0 Å². The largest absolute Gasteiger partial charge is 0.451 e. The van der Waals surface area contributed by atoms with Gasteiger partial charge < -0.3 is 14.2 Å². The van der Waals surface area contributed by atoms with E-state index < -0.39 is 5.91 Å². The van der Waals surface area contributed by atoms with E-state index in [1.807, 2.05) is 68.4 Å². The number of hydrogen-bond donors (Lipinski definition) is 2. The lowest BCUT2D eigenvalue weighted by Crippen LogP contribution is -2.33. The average molecular weight is 516 g/mol. The summed E-state index contributed by atoms with van der Waals surface area (Å²) in [4.78, 5) is 17.2. The Bertz CT molecular complexity index is 1590. The third-order valence-electron chi connectivity index (χ3n) is 5.67. The van der Waals surface area contributed by atoms with Crippen molar-refractivity contribution >= 4 is 51.6 Å². The fraction of sp³-hybridized carbons (Fsp3) is 0.107. The van der Waals surface area contributed by atoms with Gasteiger partial charge in [0.25, 0.3) is 5.91 Å². The van der Waals surface area contributed by atoms with Crippen molar-refractivity contribution in [3.05, 3.63) is 106 Å². The van der Waals surface area contributed by atoms with E-state index in [4.69, 9.17) is 32.7 Å². The van der Waals surface area contributed by atoms with Crippen LogP contribution in [0.4, 0.5) is 5.69 Å². The highest BCUT2D eigenvalue weighted by atomic mass is 35.5. The highest BCUT2D eigenvalue weighted by Crippen LogP contribution is 2.27. The number of rotatable bonds is 5. The fourth-order valence-electron chi connectivity index (χ4n) is 3.73. The van der Waals surface area contributed by atoms with Crippen LogP contribution in [0.1, 0.15) is 33.1 Å². The summed E-state index contributed by atoms with van der Waals surface area (Å²) < 4.78 is 11.5. The lowest BCUT2D eigenvalue weighted by Gasteiger charge is -2.09. The molecule has 3 aromatic carbocycles. The van der Waals surface area contributed by atoms with E-state index in [1.54, 1.807) is 18.2 Å². The minimum atomic E-state index is -0.445. The van der Waals surface area contributed by atoms with Crippen molar-refractivity contribution < 1.29 is 13.6 Å². The molecule has 0 bridgehead atoms. The van der Waals surface area contributed by atoms with Gasteiger partial charge in [0.1, 0.15) is 11.3 Å². The molecule has 5 aromatic rings. The van der Waals surface area contributed by atoms with Gasteiger partial charge in [-0.25, -0.2) is 4.98 Å². The summed E-state index contributed by atoms with van der Waals surface area (Å²) in [7, 11) is 0. The van der Waals surface area contributed by atoms with Gasteiger partial charge in [0, 0.05) is 22.7 Å². The van der Waals surface area contributed by atoms with Gasteiger partial charge in [-0.05, 0) is 85.2 Å². The van der Waals surface area contributed by atoms with Gasteiger partial charge in [-0.15, -0.1) is 0 Å². The van der Waals surface area contributed by atoms with Gasteiger partial charge in [-0.1, -0.05) is 41.9 Å². The quantitative estimate of drug-likeness (QED) is 0.243. The van der Waals surface area contributed by atoms with Crippen LogP contribution in [0.3, 0.4) is 0 Å². The van der Waals surface area contributed by atoms with Crippen LogP contribution in [0.2, 0.25) is 5.02 Å². The zero-order valence-corrected chi connectivity index (χ0v) is 21.2. The molecule has 0 fully saturated rings. The number of thiocarbonyl (C=S) groups is 1. The number of carbonyl (C=O) groups is 1. The number of oxazole rings is 1. The van der Waals surface area contributed by atoms with E-state index in [9.17, 15) is 4.79 Å². The summed E-state index contributed by atoms with van der Waals surface area (Å²) in [6.07, 6.45) is 0.572. The van der Waals surface area contributed by atoms with E-state index in [0.717, 1.165) is 39.0 Å². The predicted octanol–water partition coefficient (Wildman–Crippen LogP) is 7.08. The zero-order valence-electron chi connectivity index (χ0n) is 19.6. The van der Waals surface area contributed by atoms with Crippen LogP contribution >= 0.6 is 23.8 Å². The normalized spacial score (nSPS) is 11.0. The number of carbonyl (C=O) groups excluding carboxylic acids is 1. The summed E-state index contributed by atoms with van der Waals surface area (Å²) in [5, 5.41) is 6.45. The Morgan fingerprint density at radius 1 is 0.972 bits per heavy atom. The first-order valence-corrected chi connectivity index (χ1v) is 12.1. The maximum Gasteiger partial charge on any atom is 0.293 e. The number of benzene rings is 3. The molecule has 2 aromatic heterocycles. The molecule has 1 amide bonds. The maximum absolute atomic E-state index is 12.6. The number of aromatic nitrogens is 1. The Morgan fingerprint density at radius 2 is 1.78 bits per heavy atom. The molecule has 0 atom stereocenters. The summed E-state index contributed by atoms with van der Waals surface area (Å²) >= 11 is 11.5. The molecule has 8 heteroatoms. The van der Waals surface area contributed by atoms with Gasteiger partial charge in [-0.2, -0.15) is 0 Å². The molecular weight excluding hydrogens is 494 g/mol. The Balaban J connectivity index is 1.18. The Kier molecular flexibility index (Phi) is 6.59. The number of anilines is 1. The molecule has 180 valence electrons. The van der Waals surface area contributed by atoms with Crippen molar-refractivity contribution in [1.82, 2.24) is 10.3 Å². The second-order valence-electron chi connectivity index (χ2n) is 8.49.